The van der Waals surface area contributed by atoms with Gasteiger partial charge in [-0.25, -0.2) is 4.79 Å². The van der Waals surface area contributed by atoms with Crippen molar-refractivity contribution in [2.75, 3.05) is 6.61 Å². The normalized spacial score (nSPS) is 20.8. The fraction of sp³-hybridized carbons (Fsp3) is 0.432. The van der Waals surface area contributed by atoms with Crippen LogP contribution in [-0.4, -0.2) is 41.8 Å². The molecule has 1 saturated carbocycles. The molecule has 1 fully saturated rings. The van der Waals surface area contributed by atoms with Gasteiger partial charge in [0.05, 0.1) is 18.9 Å². The van der Waals surface area contributed by atoms with E-state index in [-0.39, 0.29) is 56.5 Å². The lowest BCUT2D eigenvalue weighted by Gasteiger charge is -2.32. The lowest BCUT2D eigenvalue weighted by molar-refractivity contribution is -0.155. The maximum absolute atomic E-state index is 12.9. The highest BCUT2D eigenvalue weighted by Crippen LogP contribution is 2.49. The van der Waals surface area contributed by atoms with Gasteiger partial charge in [-0.2, -0.15) is 0 Å². The van der Waals surface area contributed by atoms with Crippen molar-refractivity contribution < 1.29 is 38.4 Å². The van der Waals surface area contributed by atoms with E-state index in [1.165, 1.54) is 5.56 Å². The van der Waals surface area contributed by atoms with E-state index in [0.717, 1.165) is 36.0 Å². The third-order valence-corrected chi connectivity index (χ3v) is 8.88. The van der Waals surface area contributed by atoms with Crippen LogP contribution in [0.1, 0.15) is 61.3 Å². The molecule has 0 bridgehead atoms. The van der Waals surface area contributed by atoms with Gasteiger partial charge in [-0.1, -0.05) is 72.8 Å². The van der Waals surface area contributed by atoms with Crippen LogP contribution in [0.5, 0.6) is 5.75 Å². The van der Waals surface area contributed by atoms with Gasteiger partial charge in [0.25, 0.3) is 0 Å². The number of carbonyl (C=O) groups excluding carboxylic acids is 3. The van der Waals surface area contributed by atoms with Crippen LogP contribution in [0, 0.1) is 17.8 Å². The Labute approximate surface area is 264 Å². The molecule has 0 heterocycles. The number of carbonyl (C=O) groups is 3. The molecule has 0 spiro atoms. The Morgan fingerprint density at radius 3 is 2.11 bits per heavy atom. The van der Waals surface area contributed by atoms with E-state index >= 15 is 0 Å². The van der Waals surface area contributed by atoms with Crippen LogP contribution < -0.4 is 4.74 Å². The first-order chi connectivity index (χ1) is 21.9. The highest BCUT2D eigenvalue weighted by Gasteiger charge is 2.47. The Balaban J connectivity index is 1.16. The predicted molar refractivity (Wildman–Crippen MR) is 167 cm³/mol. The largest absolute Gasteiger partial charge is 0.482 e. The molecule has 2 aliphatic rings. The summed E-state index contributed by atoms with van der Waals surface area (Å²) in [5.74, 6) is 0.0549. The quantitative estimate of drug-likeness (QED) is 0.181. The van der Waals surface area contributed by atoms with E-state index in [0.29, 0.717) is 18.6 Å². The van der Waals surface area contributed by atoms with E-state index in [1.54, 1.807) is 6.92 Å². The summed E-state index contributed by atoms with van der Waals surface area (Å²) in [5.41, 5.74) is 4.05. The summed E-state index contributed by atoms with van der Waals surface area (Å²) in [5, 5.41) is 10.0. The number of fused-ring (bicyclic) bond motifs is 2. The SMILES string of the molecule is C[C@H](O)CC[C@@H]1[C@H]2Cc3cccc(OCC(=O)OCc4ccccc4)c3C[C@H]2C[C@H]1OC(=O)CCC(=O)OCc1ccccc1. The topological polar surface area (TPSA) is 108 Å². The van der Waals surface area contributed by atoms with Crippen LogP contribution in [0.3, 0.4) is 0 Å². The van der Waals surface area contributed by atoms with Gasteiger partial charge in [0, 0.05) is 0 Å². The number of hydrogen-bond acceptors (Lipinski definition) is 8. The van der Waals surface area contributed by atoms with Crippen molar-refractivity contribution in [1.82, 2.24) is 0 Å². The zero-order chi connectivity index (χ0) is 31.6. The monoisotopic (exact) mass is 614 g/mol. The molecule has 0 radical (unpaired) electrons. The predicted octanol–water partition coefficient (Wildman–Crippen LogP) is 5.76. The molecule has 238 valence electrons. The van der Waals surface area contributed by atoms with Crippen molar-refractivity contribution in [3.05, 3.63) is 101 Å². The van der Waals surface area contributed by atoms with Gasteiger partial charge in [-0.15, -0.1) is 0 Å². The number of ether oxygens (including phenoxy) is 4. The minimum Gasteiger partial charge on any atom is -0.482 e. The number of hydrogen-bond donors (Lipinski definition) is 1. The zero-order valence-electron chi connectivity index (χ0n) is 25.8. The second-order valence-electron chi connectivity index (χ2n) is 12.2. The highest BCUT2D eigenvalue weighted by atomic mass is 16.6. The summed E-state index contributed by atoms with van der Waals surface area (Å²) in [6, 6.07) is 24.9. The molecule has 45 heavy (non-hydrogen) atoms. The van der Waals surface area contributed by atoms with E-state index in [1.807, 2.05) is 72.8 Å². The third kappa shape index (κ3) is 9.17. The van der Waals surface area contributed by atoms with Crippen LogP contribution in [0.25, 0.3) is 0 Å². The number of aliphatic hydroxyl groups is 1. The molecule has 0 amide bonds. The van der Waals surface area contributed by atoms with Crippen molar-refractivity contribution >= 4 is 17.9 Å². The van der Waals surface area contributed by atoms with Gasteiger partial charge in [0.15, 0.2) is 6.61 Å². The minimum absolute atomic E-state index is 0.0382. The molecule has 8 heteroatoms. The number of esters is 3. The van der Waals surface area contributed by atoms with Crippen molar-refractivity contribution in [2.24, 2.45) is 17.8 Å². The minimum atomic E-state index is -0.447. The Hall–Kier alpha value is -4.17. The summed E-state index contributed by atoms with van der Waals surface area (Å²) in [7, 11) is 0. The fourth-order valence-corrected chi connectivity index (χ4v) is 6.64. The Morgan fingerprint density at radius 2 is 1.44 bits per heavy atom. The van der Waals surface area contributed by atoms with Gasteiger partial charge >= 0.3 is 17.9 Å². The molecular formula is C37H42O8. The molecular weight excluding hydrogens is 572 g/mol. The molecule has 5 atom stereocenters. The first kappa shape index (κ1) is 32.2. The smallest absolute Gasteiger partial charge is 0.344 e. The van der Waals surface area contributed by atoms with Gasteiger partial charge in [0.1, 0.15) is 25.1 Å². The summed E-state index contributed by atoms with van der Waals surface area (Å²) < 4.78 is 22.7. The number of rotatable bonds is 14. The average Bonchev–Trinajstić information content (AvgIpc) is 3.38. The molecule has 0 aliphatic heterocycles. The van der Waals surface area contributed by atoms with Crippen LogP contribution in [0.15, 0.2) is 78.9 Å². The highest BCUT2D eigenvalue weighted by molar-refractivity contribution is 5.77. The van der Waals surface area contributed by atoms with E-state index in [2.05, 4.69) is 6.07 Å². The molecule has 3 aromatic carbocycles. The summed E-state index contributed by atoms with van der Waals surface area (Å²) >= 11 is 0. The zero-order valence-corrected chi connectivity index (χ0v) is 25.8. The third-order valence-electron chi connectivity index (χ3n) is 8.88. The Kier molecular flexibility index (Phi) is 11.3. The Bertz CT molecular complexity index is 1420. The van der Waals surface area contributed by atoms with E-state index in [4.69, 9.17) is 18.9 Å². The molecule has 3 aromatic rings. The van der Waals surface area contributed by atoms with Crippen molar-refractivity contribution in [2.45, 2.75) is 77.3 Å². The van der Waals surface area contributed by atoms with Gasteiger partial charge in [-0.05, 0) is 85.1 Å². The maximum atomic E-state index is 12.9. The second-order valence-corrected chi connectivity index (χ2v) is 12.2. The second kappa shape index (κ2) is 15.7. The lowest BCUT2D eigenvalue weighted by atomic mass is 9.73. The van der Waals surface area contributed by atoms with Crippen molar-refractivity contribution in [3.8, 4) is 5.75 Å². The van der Waals surface area contributed by atoms with Crippen LogP contribution in [0.2, 0.25) is 0 Å². The van der Waals surface area contributed by atoms with Gasteiger partial charge < -0.3 is 24.1 Å². The molecule has 0 unspecified atom stereocenters. The first-order valence-electron chi connectivity index (χ1n) is 15.9. The number of benzene rings is 3. The molecule has 0 saturated heterocycles. The van der Waals surface area contributed by atoms with Crippen LogP contribution >= 0.6 is 0 Å². The summed E-state index contributed by atoms with van der Waals surface area (Å²) in [4.78, 5) is 37.6. The maximum Gasteiger partial charge on any atom is 0.344 e. The average molecular weight is 615 g/mol. The fourth-order valence-electron chi connectivity index (χ4n) is 6.64. The molecule has 0 aromatic heterocycles. The van der Waals surface area contributed by atoms with Crippen molar-refractivity contribution in [1.29, 1.82) is 0 Å². The van der Waals surface area contributed by atoms with E-state index < -0.39 is 24.0 Å². The molecule has 5 rings (SSSR count). The summed E-state index contributed by atoms with van der Waals surface area (Å²) in [6.45, 7) is 1.97. The van der Waals surface area contributed by atoms with Crippen LogP contribution in [-0.2, 0) is 54.6 Å². The summed E-state index contributed by atoms with van der Waals surface area (Å²) in [6.07, 6.45) is 2.80. The van der Waals surface area contributed by atoms with Crippen LogP contribution in [0.4, 0.5) is 0 Å². The van der Waals surface area contributed by atoms with Gasteiger partial charge in [-0.3, -0.25) is 9.59 Å². The number of aliphatic hydroxyl groups excluding tert-OH is 1. The van der Waals surface area contributed by atoms with E-state index in [9.17, 15) is 19.5 Å². The standard InChI is InChI=1S/C37H42O8/c1-25(38)15-16-30-31-19-28-13-8-14-33(42-24-37(41)44-23-27-11-6-3-7-12-27)32(28)20-29(31)21-34(30)45-36(40)18-17-35(39)43-22-26-9-4-2-5-10-26/h2-14,25,29-31,34,38H,15-24H2,1H3/t25-,29-,30+,31-,34+/m0/s1. The Morgan fingerprint density at radius 1 is 0.800 bits per heavy atom. The lowest BCUT2D eigenvalue weighted by Crippen LogP contribution is -2.29. The van der Waals surface area contributed by atoms with Gasteiger partial charge in [0.2, 0.25) is 0 Å². The molecule has 2 aliphatic carbocycles. The van der Waals surface area contributed by atoms with Crippen molar-refractivity contribution in [3.63, 3.8) is 0 Å². The molecule has 1 N–H and O–H groups in total. The first-order valence-corrected chi connectivity index (χ1v) is 15.9. The molecule has 8 nitrogen and oxygen atoms in total.